The number of alkyl halides is 1. The second-order valence-electron chi connectivity index (χ2n) is 7.64. The van der Waals surface area contributed by atoms with Crippen LogP contribution in [0.1, 0.15) is 6.42 Å². The standard InChI is InChI=1S/C23H25ClFN5O2/c1-29-20(9-11-26-29)22-19(28-23(31)27-18-7-5-16(24)6-8-18)3-2-4-21(22)32-14-13-30-12-10-17(25)15-30/h2-9,11,17H,10,12-15H2,1H3,(H2,27,28,31). The normalized spacial score (nSPS) is 16.2. The summed E-state index contributed by atoms with van der Waals surface area (Å²) < 4.78 is 21.2. The van der Waals surface area contributed by atoms with E-state index in [9.17, 15) is 9.18 Å². The van der Waals surface area contributed by atoms with Gasteiger partial charge in [-0.2, -0.15) is 5.10 Å². The SMILES string of the molecule is Cn1nccc1-c1c(NC(=O)Nc2ccc(Cl)cc2)cccc1OCCN1CCC(F)C1. The minimum Gasteiger partial charge on any atom is -0.491 e. The van der Waals surface area contributed by atoms with Gasteiger partial charge in [-0.1, -0.05) is 17.7 Å². The highest BCUT2D eigenvalue weighted by Gasteiger charge is 2.22. The van der Waals surface area contributed by atoms with Crippen LogP contribution < -0.4 is 15.4 Å². The molecule has 0 bridgehead atoms. The van der Waals surface area contributed by atoms with Gasteiger partial charge in [0.2, 0.25) is 0 Å². The Morgan fingerprint density at radius 3 is 2.72 bits per heavy atom. The van der Waals surface area contributed by atoms with Gasteiger partial charge in [-0.05, 0) is 48.9 Å². The summed E-state index contributed by atoms with van der Waals surface area (Å²) in [5.74, 6) is 0.619. The number of benzene rings is 2. The fraction of sp³-hybridized carbons (Fsp3) is 0.304. The molecule has 1 atom stereocenters. The van der Waals surface area contributed by atoms with Crippen LogP contribution in [0, 0.1) is 0 Å². The third-order valence-corrected chi connectivity index (χ3v) is 5.59. The van der Waals surface area contributed by atoms with Gasteiger partial charge >= 0.3 is 6.03 Å². The molecule has 0 spiro atoms. The van der Waals surface area contributed by atoms with Crippen LogP contribution >= 0.6 is 11.6 Å². The second-order valence-corrected chi connectivity index (χ2v) is 8.08. The summed E-state index contributed by atoms with van der Waals surface area (Å²) in [7, 11) is 1.83. The third-order valence-electron chi connectivity index (χ3n) is 5.33. The molecule has 0 saturated carbocycles. The van der Waals surface area contributed by atoms with Gasteiger partial charge in [0.1, 0.15) is 18.5 Å². The number of ether oxygens (including phenoxy) is 1. The molecule has 4 rings (SSSR count). The van der Waals surface area contributed by atoms with Crippen molar-refractivity contribution in [3.63, 3.8) is 0 Å². The van der Waals surface area contributed by atoms with Crippen molar-refractivity contribution >= 4 is 29.0 Å². The first-order valence-corrected chi connectivity index (χ1v) is 10.8. The summed E-state index contributed by atoms with van der Waals surface area (Å²) in [5.41, 5.74) is 2.73. The van der Waals surface area contributed by atoms with Crippen molar-refractivity contribution in [3.8, 4) is 17.0 Å². The van der Waals surface area contributed by atoms with E-state index in [0.717, 1.165) is 17.8 Å². The Bertz CT molecular complexity index is 1070. The first-order chi connectivity index (χ1) is 15.5. The van der Waals surface area contributed by atoms with E-state index in [1.54, 1.807) is 35.1 Å². The van der Waals surface area contributed by atoms with Crippen molar-refractivity contribution in [2.45, 2.75) is 12.6 Å². The molecule has 0 radical (unpaired) electrons. The molecule has 168 valence electrons. The van der Waals surface area contributed by atoms with Gasteiger partial charge in [-0.15, -0.1) is 0 Å². The predicted octanol–water partition coefficient (Wildman–Crippen LogP) is 4.81. The van der Waals surface area contributed by atoms with Crippen LogP contribution in [0.25, 0.3) is 11.3 Å². The molecule has 0 aliphatic carbocycles. The van der Waals surface area contributed by atoms with E-state index >= 15 is 0 Å². The molecule has 3 aromatic rings. The Hall–Kier alpha value is -3.10. The summed E-state index contributed by atoms with van der Waals surface area (Å²) in [6.45, 7) is 2.24. The van der Waals surface area contributed by atoms with E-state index < -0.39 is 6.17 Å². The summed E-state index contributed by atoms with van der Waals surface area (Å²) in [6.07, 6.45) is 1.50. The number of urea groups is 1. The minimum absolute atomic E-state index is 0.390. The molecule has 32 heavy (non-hydrogen) atoms. The number of anilines is 2. The maximum atomic E-state index is 13.4. The lowest BCUT2D eigenvalue weighted by Crippen LogP contribution is -2.26. The van der Waals surface area contributed by atoms with Gasteiger partial charge in [-0.3, -0.25) is 9.58 Å². The monoisotopic (exact) mass is 457 g/mol. The molecular weight excluding hydrogens is 433 g/mol. The number of hydrogen-bond donors (Lipinski definition) is 2. The smallest absolute Gasteiger partial charge is 0.323 e. The van der Waals surface area contributed by atoms with E-state index in [2.05, 4.69) is 20.6 Å². The van der Waals surface area contributed by atoms with Gasteiger partial charge in [-0.25, -0.2) is 9.18 Å². The fourth-order valence-electron chi connectivity index (χ4n) is 3.73. The number of hydrogen-bond acceptors (Lipinski definition) is 4. The van der Waals surface area contributed by atoms with E-state index in [1.165, 1.54) is 0 Å². The van der Waals surface area contributed by atoms with Gasteiger partial charge < -0.3 is 15.4 Å². The van der Waals surface area contributed by atoms with E-state index in [-0.39, 0.29) is 6.03 Å². The van der Waals surface area contributed by atoms with Crippen molar-refractivity contribution in [2.75, 3.05) is 36.9 Å². The van der Waals surface area contributed by atoms with Gasteiger partial charge in [0.05, 0.1) is 16.9 Å². The summed E-state index contributed by atoms with van der Waals surface area (Å²) in [4.78, 5) is 14.7. The quantitative estimate of drug-likeness (QED) is 0.534. The maximum Gasteiger partial charge on any atom is 0.323 e. The fourth-order valence-corrected chi connectivity index (χ4v) is 3.86. The van der Waals surface area contributed by atoms with Crippen molar-refractivity contribution in [1.29, 1.82) is 0 Å². The highest BCUT2D eigenvalue weighted by Crippen LogP contribution is 2.36. The minimum atomic E-state index is -0.758. The lowest BCUT2D eigenvalue weighted by atomic mass is 10.1. The second kappa shape index (κ2) is 10.0. The van der Waals surface area contributed by atoms with Crippen LogP contribution in [0.2, 0.25) is 5.02 Å². The predicted molar refractivity (Wildman–Crippen MR) is 124 cm³/mol. The number of halogens is 2. The Kier molecular flexibility index (Phi) is 6.92. The lowest BCUT2D eigenvalue weighted by Gasteiger charge is -2.19. The molecule has 1 aromatic heterocycles. The first kappa shape index (κ1) is 22.1. The highest BCUT2D eigenvalue weighted by atomic mass is 35.5. The van der Waals surface area contributed by atoms with Crippen LogP contribution in [-0.4, -0.2) is 53.1 Å². The highest BCUT2D eigenvalue weighted by molar-refractivity contribution is 6.30. The Morgan fingerprint density at radius 2 is 2.03 bits per heavy atom. The molecule has 9 heteroatoms. The van der Waals surface area contributed by atoms with Crippen molar-refractivity contribution in [1.82, 2.24) is 14.7 Å². The number of likely N-dealkylation sites (tertiary alicyclic amines) is 1. The Morgan fingerprint density at radius 1 is 1.22 bits per heavy atom. The number of rotatable bonds is 7. The average Bonchev–Trinajstić information content (AvgIpc) is 3.38. The zero-order valence-electron chi connectivity index (χ0n) is 17.7. The van der Waals surface area contributed by atoms with E-state index in [1.807, 2.05) is 31.3 Å². The van der Waals surface area contributed by atoms with Gasteiger partial charge in [0.25, 0.3) is 0 Å². The van der Waals surface area contributed by atoms with Gasteiger partial charge in [0.15, 0.2) is 0 Å². The zero-order chi connectivity index (χ0) is 22.5. The van der Waals surface area contributed by atoms with Crippen LogP contribution in [-0.2, 0) is 7.05 Å². The Balaban J connectivity index is 1.52. The molecule has 1 unspecified atom stereocenters. The molecule has 1 aliphatic rings. The number of carbonyl (C=O) groups is 1. The van der Waals surface area contributed by atoms with Crippen molar-refractivity contribution < 1.29 is 13.9 Å². The molecule has 2 heterocycles. The number of carbonyl (C=O) groups excluding carboxylic acids is 1. The number of aryl methyl sites for hydroxylation is 1. The topological polar surface area (TPSA) is 71.4 Å². The number of nitrogens with one attached hydrogen (secondary N) is 2. The lowest BCUT2D eigenvalue weighted by molar-refractivity contribution is 0.225. The largest absolute Gasteiger partial charge is 0.491 e. The zero-order valence-corrected chi connectivity index (χ0v) is 18.5. The molecule has 1 fully saturated rings. The van der Waals surface area contributed by atoms with E-state index in [4.69, 9.17) is 16.3 Å². The van der Waals surface area contributed by atoms with Crippen LogP contribution in [0.5, 0.6) is 5.75 Å². The molecular formula is C23H25ClFN5O2. The maximum absolute atomic E-state index is 13.4. The van der Waals surface area contributed by atoms with Crippen LogP contribution in [0.15, 0.2) is 54.7 Å². The number of nitrogens with zero attached hydrogens (tertiary/aromatic N) is 3. The third kappa shape index (κ3) is 5.38. The summed E-state index contributed by atoms with van der Waals surface area (Å²) >= 11 is 5.91. The summed E-state index contributed by atoms with van der Waals surface area (Å²) in [6, 6.07) is 13.8. The first-order valence-electron chi connectivity index (χ1n) is 10.4. The molecule has 1 aliphatic heterocycles. The van der Waals surface area contributed by atoms with Crippen LogP contribution in [0.3, 0.4) is 0 Å². The van der Waals surface area contributed by atoms with E-state index in [0.29, 0.717) is 48.3 Å². The molecule has 2 N–H and O–H groups in total. The van der Waals surface area contributed by atoms with Gasteiger partial charge in [0, 0.05) is 43.6 Å². The Labute approximate surface area is 191 Å². The molecule has 7 nitrogen and oxygen atoms in total. The average molecular weight is 458 g/mol. The van der Waals surface area contributed by atoms with Crippen molar-refractivity contribution in [2.24, 2.45) is 7.05 Å². The van der Waals surface area contributed by atoms with Crippen molar-refractivity contribution in [3.05, 3.63) is 59.8 Å². The molecule has 2 aromatic carbocycles. The number of amides is 2. The number of aromatic nitrogens is 2. The molecule has 2 amide bonds. The summed E-state index contributed by atoms with van der Waals surface area (Å²) in [5, 5.41) is 10.5. The molecule has 1 saturated heterocycles. The van der Waals surface area contributed by atoms with Crippen LogP contribution in [0.4, 0.5) is 20.6 Å².